The van der Waals surface area contributed by atoms with Gasteiger partial charge in [0.1, 0.15) is 0 Å². The summed E-state index contributed by atoms with van der Waals surface area (Å²) < 4.78 is 0. The van der Waals surface area contributed by atoms with Crippen molar-refractivity contribution < 1.29 is 4.79 Å². The van der Waals surface area contributed by atoms with Crippen molar-refractivity contribution in [1.29, 1.82) is 0 Å². The first kappa shape index (κ1) is 9.77. The van der Waals surface area contributed by atoms with Crippen LogP contribution in [0.3, 0.4) is 0 Å². The fraction of sp³-hybridized carbons (Fsp3) is 0.250. The molecule has 0 fully saturated rings. The molecule has 1 N–H and O–H groups in total. The highest BCUT2D eigenvalue weighted by molar-refractivity contribution is 5.74. The Hall–Kier alpha value is -1.77. The van der Waals surface area contributed by atoms with Crippen molar-refractivity contribution in [3.05, 3.63) is 47.7 Å². The Morgan fingerprint density at radius 2 is 2.00 bits per heavy atom. The van der Waals surface area contributed by atoms with Crippen molar-refractivity contribution in [2.24, 2.45) is 0 Å². The molecular weight excluding hydrogens is 188 g/mol. The molecule has 1 amide bonds. The summed E-state index contributed by atoms with van der Waals surface area (Å²) in [5, 5.41) is 1.64. The van der Waals surface area contributed by atoms with Crippen LogP contribution in [0.4, 0.5) is 0 Å². The standard InChI is InChI=1S/C12H14N2O/c1-9-8-12(14(13-9)10(2)15)11-6-4-3-5-7-11/h3-8,12-13H,1-2H3. The van der Waals surface area contributed by atoms with E-state index in [1.165, 1.54) is 0 Å². The van der Waals surface area contributed by atoms with Crippen molar-refractivity contribution >= 4 is 5.91 Å². The van der Waals surface area contributed by atoms with Gasteiger partial charge in [-0.1, -0.05) is 30.3 Å². The summed E-state index contributed by atoms with van der Waals surface area (Å²) >= 11 is 0. The van der Waals surface area contributed by atoms with Gasteiger partial charge in [-0.25, -0.2) is 5.01 Å². The van der Waals surface area contributed by atoms with E-state index in [4.69, 9.17) is 0 Å². The normalized spacial score (nSPS) is 19.7. The lowest BCUT2D eigenvalue weighted by molar-refractivity contribution is -0.132. The SMILES string of the molecule is CC(=O)N1NC(C)=CC1c1ccccc1. The minimum atomic E-state index is 0.0173. The van der Waals surface area contributed by atoms with Crippen molar-refractivity contribution in [1.82, 2.24) is 10.4 Å². The highest BCUT2D eigenvalue weighted by Gasteiger charge is 2.25. The number of hydrogen-bond donors (Lipinski definition) is 1. The molecule has 1 aromatic rings. The van der Waals surface area contributed by atoms with E-state index >= 15 is 0 Å². The summed E-state index contributed by atoms with van der Waals surface area (Å²) in [6.45, 7) is 3.52. The highest BCUT2D eigenvalue weighted by Crippen LogP contribution is 2.26. The van der Waals surface area contributed by atoms with Crippen molar-refractivity contribution in [2.45, 2.75) is 19.9 Å². The Labute approximate surface area is 89.4 Å². The van der Waals surface area contributed by atoms with Crippen LogP contribution in [0.1, 0.15) is 25.5 Å². The number of allylic oxidation sites excluding steroid dienone is 1. The van der Waals surface area contributed by atoms with Crippen LogP contribution in [0.2, 0.25) is 0 Å². The molecule has 78 valence electrons. The van der Waals surface area contributed by atoms with Crippen molar-refractivity contribution in [3.8, 4) is 0 Å². The molecular formula is C12H14N2O. The topological polar surface area (TPSA) is 32.3 Å². The monoisotopic (exact) mass is 202 g/mol. The van der Waals surface area contributed by atoms with Gasteiger partial charge in [0.2, 0.25) is 5.91 Å². The lowest BCUT2D eigenvalue weighted by Crippen LogP contribution is -2.37. The van der Waals surface area contributed by atoms with Crippen LogP contribution in [-0.2, 0) is 4.79 Å². The quantitative estimate of drug-likeness (QED) is 0.755. The maximum atomic E-state index is 11.4. The first-order valence-corrected chi connectivity index (χ1v) is 4.98. The van der Waals surface area contributed by atoms with Crippen LogP contribution in [0.25, 0.3) is 0 Å². The van der Waals surface area contributed by atoms with Gasteiger partial charge >= 0.3 is 0 Å². The fourth-order valence-electron chi connectivity index (χ4n) is 1.78. The third kappa shape index (κ3) is 1.86. The van der Waals surface area contributed by atoms with E-state index in [0.29, 0.717) is 0 Å². The first-order chi connectivity index (χ1) is 7.18. The van der Waals surface area contributed by atoms with Crippen LogP contribution in [0, 0.1) is 0 Å². The summed E-state index contributed by atoms with van der Waals surface area (Å²) in [6.07, 6.45) is 2.05. The zero-order valence-corrected chi connectivity index (χ0v) is 8.90. The van der Waals surface area contributed by atoms with E-state index in [1.807, 2.05) is 37.3 Å². The van der Waals surface area contributed by atoms with Gasteiger partial charge in [-0.3, -0.25) is 10.2 Å². The number of hydrogen-bond acceptors (Lipinski definition) is 2. The van der Waals surface area contributed by atoms with Gasteiger partial charge in [-0.15, -0.1) is 0 Å². The average molecular weight is 202 g/mol. The van der Waals surface area contributed by atoms with E-state index in [2.05, 4.69) is 11.5 Å². The third-order valence-electron chi connectivity index (χ3n) is 2.46. The van der Waals surface area contributed by atoms with Gasteiger partial charge in [0.15, 0.2) is 0 Å². The molecule has 0 radical (unpaired) electrons. The van der Waals surface area contributed by atoms with E-state index < -0.39 is 0 Å². The molecule has 0 bridgehead atoms. The number of amides is 1. The summed E-state index contributed by atoms with van der Waals surface area (Å²) in [7, 11) is 0. The number of carbonyl (C=O) groups excluding carboxylic acids is 1. The summed E-state index contributed by atoms with van der Waals surface area (Å²) in [5.41, 5.74) is 5.18. The molecule has 1 aliphatic rings. The summed E-state index contributed by atoms with van der Waals surface area (Å²) in [4.78, 5) is 11.4. The Balaban J connectivity index is 2.31. The molecule has 1 aliphatic heterocycles. The Morgan fingerprint density at radius 3 is 2.60 bits per heavy atom. The minimum Gasteiger partial charge on any atom is -0.300 e. The van der Waals surface area contributed by atoms with Crippen LogP contribution >= 0.6 is 0 Å². The molecule has 15 heavy (non-hydrogen) atoms. The molecule has 1 aromatic carbocycles. The number of carbonyl (C=O) groups is 1. The predicted octanol–water partition coefficient (Wildman–Crippen LogP) is 2.00. The molecule has 0 aromatic heterocycles. The second-order valence-electron chi connectivity index (χ2n) is 3.71. The summed E-state index contributed by atoms with van der Waals surface area (Å²) in [5.74, 6) is 0.0250. The summed E-state index contributed by atoms with van der Waals surface area (Å²) in [6, 6.07) is 10.0. The lowest BCUT2D eigenvalue weighted by Gasteiger charge is -2.23. The van der Waals surface area contributed by atoms with Gasteiger partial charge in [-0.2, -0.15) is 0 Å². The van der Waals surface area contributed by atoms with Crippen LogP contribution in [0.15, 0.2) is 42.1 Å². The van der Waals surface area contributed by atoms with E-state index in [0.717, 1.165) is 11.3 Å². The molecule has 0 aliphatic carbocycles. The van der Waals surface area contributed by atoms with Crippen LogP contribution in [0.5, 0.6) is 0 Å². The molecule has 0 saturated carbocycles. The molecule has 0 spiro atoms. The highest BCUT2D eigenvalue weighted by atomic mass is 16.2. The van der Waals surface area contributed by atoms with E-state index in [9.17, 15) is 4.79 Å². The number of nitrogens with zero attached hydrogens (tertiary/aromatic N) is 1. The van der Waals surface area contributed by atoms with Gasteiger partial charge in [-0.05, 0) is 18.6 Å². The molecule has 3 heteroatoms. The van der Waals surface area contributed by atoms with Crippen LogP contribution < -0.4 is 5.43 Å². The fourth-order valence-corrected chi connectivity index (χ4v) is 1.78. The lowest BCUT2D eigenvalue weighted by atomic mass is 10.1. The van der Waals surface area contributed by atoms with Gasteiger partial charge in [0.25, 0.3) is 0 Å². The zero-order chi connectivity index (χ0) is 10.8. The Bertz CT molecular complexity index is 397. The zero-order valence-electron chi connectivity index (χ0n) is 8.90. The molecule has 1 heterocycles. The van der Waals surface area contributed by atoms with Crippen molar-refractivity contribution in [3.63, 3.8) is 0 Å². The number of hydrazine groups is 1. The maximum absolute atomic E-state index is 11.4. The smallest absolute Gasteiger partial charge is 0.238 e. The first-order valence-electron chi connectivity index (χ1n) is 4.98. The Morgan fingerprint density at radius 1 is 1.33 bits per heavy atom. The molecule has 1 unspecified atom stereocenters. The average Bonchev–Trinajstić information content (AvgIpc) is 2.62. The van der Waals surface area contributed by atoms with E-state index in [1.54, 1.807) is 11.9 Å². The number of nitrogens with one attached hydrogen (secondary N) is 1. The second kappa shape index (κ2) is 3.77. The number of benzene rings is 1. The second-order valence-corrected chi connectivity index (χ2v) is 3.71. The molecule has 1 atom stereocenters. The maximum Gasteiger partial charge on any atom is 0.238 e. The van der Waals surface area contributed by atoms with Crippen LogP contribution in [-0.4, -0.2) is 10.9 Å². The van der Waals surface area contributed by atoms with Gasteiger partial charge in [0, 0.05) is 12.6 Å². The van der Waals surface area contributed by atoms with E-state index in [-0.39, 0.29) is 11.9 Å². The molecule has 3 nitrogen and oxygen atoms in total. The van der Waals surface area contributed by atoms with Crippen molar-refractivity contribution in [2.75, 3.05) is 0 Å². The molecule has 0 saturated heterocycles. The minimum absolute atomic E-state index is 0.0173. The van der Waals surface area contributed by atoms with Gasteiger partial charge < -0.3 is 0 Å². The Kier molecular flexibility index (Phi) is 2.46. The predicted molar refractivity (Wildman–Crippen MR) is 58.6 cm³/mol. The van der Waals surface area contributed by atoms with Gasteiger partial charge in [0.05, 0.1) is 6.04 Å². The number of rotatable bonds is 1. The largest absolute Gasteiger partial charge is 0.300 e. The molecule has 2 rings (SSSR count). The third-order valence-corrected chi connectivity index (χ3v) is 2.46.